The van der Waals surface area contributed by atoms with Crippen molar-refractivity contribution in [3.05, 3.63) is 58.6 Å². The molecule has 0 saturated carbocycles. The van der Waals surface area contributed by atoms with E-state index < -0.39 is 0 Å². The maximum atomic E-state index is 8.83. The van der Waals surface area contributed by atoms with E-state index in [4.69, 9.17) is 26.7 Å². The molecule has 3 nitrogen and oxygen atoms in total. The number of benzene rings is 2. The van der Waals surface area contributed by atoms with Gasteiger partial charge in [0.2, 0.25) is 0 Å². The number of nitrogens with zero attached hydrogens (tertiary/aromatic N) is 1. The Morgan fingerprint density at radius 2 is 1.89 bits per heavy atom. The van der Waals surface area contributed by atoms with Gasteiger partial charge in [-0.1, -0.05) is 23.7 Å². The van der Waals surface area contributed by atoms with Crippen LogP contribution in [0.3, 0.4) is 0 Å². The van der Waals surface area contributed by atoms with Crippen LogP contribution in [-0.4, -0.2) is 11.7 Å². The summed E-state index contributed by atoms with van der Waals surface area (Å²) in [5.74, 6) is 1.17. The number of rotatable bonds is 4. The standard InChI is InChI=1S/C15H12ClNO2/c16-14-9-12(10-17)3-6-15(14)19-13-4-1-11(2-5-13)7-8-18/h1-6,9,18H,7-8H2. The van der Waals surface area contributed by atoms with Gasteiger partial charge in [-0.05, 0) is 42.3 Å². The summed E-state index contributed by atoms with van der Waals surface area (Å²) in [5, 5.41) is 18.0. The Kier molecular flexibility index (Phi) is 4.40. The quantitative estimate of drug-likeness (QED) is 0.927. The summed E-state index contributed by atoms with van der Waals surface area (Å²) >= 11 is 6.03. The predicted octanol–water partition coefficient (Wildman–Crippen LogP) is 3.54. The van der Waals surface area contributed by atoms with Gasteiger partial charge in [-0.2, -0.15) is 5.26 Å². The van der Waals surface area contributed by atoms with Crippen LogP contribution in [0.25, 0.3) is 0 Å². The second-order valence-electron chi connectivity index (χ2n) is 3.98. The molecule has 2 aromatic rings. The number of aliphatic hydroxyl groups is 1. The van der Waals surface area contributed by atoms with Crippen LogP contribution in [0.15, 0.2) is 42.5 Å². The molecule has 0 aliphatic heterocycles. The van der Waals surface area contributed by atoms with E-state index >= 15 is 0 Å². The SMILES string of the molecule is N#Cc1ccc(Oc2ccc(CCO)cc2)c(Cl)c1. The number of nitriles is 1. The minimum absolute atomic E-state index is 0.127. The molecule has 2 rings (SSSR count). The molecule has 96 valence electrons. The molecule has 0 spiro atoms. The molecule has 0 unspecified atom stereocenters. The lowest BCUT2D eigenvalue weighted by Crippen LogP contribution is -1.91. The van der Waals surface area contributed by atoms with Crippen molar-refractivity contribution in [2.75, 3.05) is 6.61 Å². The second-order valence-corrected chi connectivity index (χ2v) is 4.38. The molecule has 0 aliphatic carbocycles. The van der Waals surface area contributed by atoms with Crippen LogP contribution in [0.5, 0.6) is 11.5 Å². The van der Waals surface area contributed by atoms with Gasteiger partial charge >= 0.3 is 0 Å². The molecule has 1 N–H and O–H groups in total. The average Bonchev–Trinajstić information content (AvgIpc) is 2.43. The van der Waals surface area contributed by atoms with E-state index in [2.05, 4.69) is 0 Å². The van der Waals surface area contributed by atoms with Gasteiger partial charge in [-0.25, -0.2) is 0 Å². The lowest BCUT2D eigenvalue weighted by molar-refractivity contribution is 0.299. The first kappa shape index (κ1) is 13.4. The van der Waals surface area contributed by atoms with E-state index in [-0.39, 0.29) is 6.61 Å². The number of halogens is 1. The predicted molar refractivity (Wildman–Crippen MR) is 73.5 cm³/mol. The molecule has 0 heterocycles. The molecule has 0 aliphatic rings. The third-order valence-electron chi connectivity index (χ3n) is 2.61. The van der Waals surface area contributed by atoms with Gasteiger partial charge in [0.05, 0.1) is 16.7 Å². The molecule has 0 radical (unpaired) electrons. The van der Waals surface area contributed by atoms with E-state index in [0.717, 1.165) is 5.56 Å². The van der Waals surface area contributed by atoms with Crippen LogP contribution in [0, 0.1) is 11.3 Å². The summed E-state index contributed by atoms with van der Waals surface area (Å²) in [4.78, 5) is 0. The second kappa shape index (κ2) is 6.24. The van der Waals surface area contributed by atoms with E-state index in [1.807, 2.05) is 30.3 Å². The van der Waals surface area contributed by atoms with Gasteiger partial charge in [0.25, 0.3) is 0 Å². The molecule has 0 amide bonds. The molecular weight excluding hydrogens is 262 g/mol. The summed E-state index contributed by atoms with van der Waals surface area (Å²) < 4.78 is 5.64. The van der Waals surface area contributed by atoms with E-state index in [0.29, 0.717) is 28.5 Å². The molecule has 0 saturated heterocycles. The van der Waals surface area contributed by atoms with Gasteiger partial charge in [0.1, 0.15) is 11.5 Å². The first-order valence-corrected chi connectivity index (χ1v) is 6.18. The maximum absolute atomic E-state index is 8.83. The molecule has 2 aromatic carbocycles. The van der Waals surface area contributed by atoms with Crippen LogP contribution in [0.1, 0.15) is 11.1 Å². The topological polar surface area (TPSA) is 53.2 Å². The Bertz CT molecular complexity index is 603. The molecule has 0 aromatic heterocycles. The molecule has 0 bridgehead atoms. The van der Waals surface area contributed by atoms with Crippen LogP contribution in [0.2, 0.25) is 5.02 Å². The number of hydrogen-bond acceptors (Lipinski definition) is 3. The zero-order chi connectivity index (χ0) is 13.7. The fraction of sp³-hybridized carbons (Fsp3) is 0.133. The van der Waals surface area contributed by atoms with Gasteiger partial charge < -0.3 is 9.84 Å². The minimum Gasteiger partial charge on any atom is -0.456 e. The van der Waals surface area contributed by atoms with Gasteiger partial charge in [0, 0.05) is 6.61 Å². The highest BCUT2D eigenvalue weighted by atomic mass is 35.5. The van der Waals surface area contributed by atoms with Crippen LogP contribution >= 0.6 is 11.6 Å². The smallest absolute Gasteiger partial charge is 0.146 e. The highest BCUT2D eigenvalue weighted by molar-refractivity contribution is 6.32. The summed E-state index contributed by atoms with van der Waals surface area (Å²) in [6.07, 6.45) is 0.623. The third kappa shape index (κ3) is 3.47. The fourth-order valence-corrected chi connectivity index (χ4v) is 1.85. The van der Waals surface area contributed by atoms with Gasteiger partial charge in [0.15, 0.2) is 0 Å². The van der Waals surface area contributed by atoms with Crippen molar-refractivity contribution in [3.63, 3.8) is 0 Å². The largest absolute Gasteiger partial charge is 0.456 e. The van der Waals surface area contributed by atoms with Crippen LogP contribution in [-0.2, 0) is 6.42 Å². The minimum atomic E-state index is 0.127. The van der Waals surface area contributed by atoms with Crippen molar-refractivity contribution in [2.45, 2.75) is 6.42 Å². The molecule has 19 heavy (non-hydrogen) atoms. The highest BCUT2D eigenvalue weighted by Crippen LogP contribution is 2.30. The third-order valence-corrected chi connectivity index (χ3v) is 2.91. The maximum Gasteiger partial charge on any atom is 0.146 e. The Labute approximate surface area is 116 Å². The van der Waals surface area contributed by atoms with Crippen molar-refractivity contribution < 1.29 is 9.84 Å². The number of hydrogen-bond donors (Lipinski definition) is 1. The Balaban J connectivity index is 2.15. The average molecular weight is 274 g/mol. The van der Waals surface area contributed by atoms with Crippen LogP contribution in [0.4, 0.5) is 0 Å². The zero-order valence-electron chi connectivity index (χ0n) is 10.1. The molecule has 4 heteroatoms. The summed E-state index contributed by atoms with van der Waals surface area (Å²) in [7, 11) is 0. The van der Waals surface area contributed by atoms with Crippen molar-refractivity contribution in [1.82, 2.24) is 0 Å². The fourth-order valence-electron chi connectivity index (χ4n) is 1.63. The lowest BCUT2D eigenvalue weighted by atomic mass is 10.1. The zero-order valence-corrected chi connectivity index (χ0v) is 10.9. The lowest BCUT2D eigenvalue weighted by Gasteiger charge is -2.08. The Morgan fingerprint density at radius 3 is 2.47 bits per heavy atom. The molecule has 0 atom stereocenters. The van der Waals surface area contributed by atoms with Crippen molar-refractivity contribution in [3.8, 4) is 17.6 Å². The van der Waals surface area contributed by atoms with Crippen LogP contribution < -0.4 is 4.74 Å². The number of aliphatic hydroxyl groups excluding tert-OH is 1. The van der Waals surface area contributed by atoms with Crippen molar-refractivity contribution >= 4 is 11.6 Å². The van der Waals surface area contributed by atoms with Crippen molar-refractivity contribution in [2.24, 2.45) is 0 Å². The van der Waals surface area contributed by atoms with Crippen molar-refractivity contribution in [1.29, 1.82) is 5.26 Å². The monoisotopic (exact) mass is 273 g/mol. The summed E-state index contributed by atoms with van der Waals surface area (Å²) in [6, 6.07) is 14.3. The van der Waals surface area contributed by atoms with E-state index in [1.54, 1.807) is 18.2 Å². The molecular formula is C15H12ClNO2. The van der Waals surface area contributed by atoms with Gasteiger partial charge in [-0.15, -0.1) is 0 Å². The first-order valence-electron chi connectivity index (χ1n) is 5.80. The molecule has 0 fully saturated rings. The highest BCUT2D eigenvalue weighted by Gasteiger charge is 2.04. The first-order chi connectivity index (χ1) is 9.22. The van der Waals surface area contributed by atoms with E-state index in [1.165, 1.54) is 0 Å². The Morgan fingerprint density at radius 1 is 1.16 bits per heavy atom. The summed E-state index contributed by atoms with van der Waals surface area (Å²) in [5.41, 5.74) is 1.54. The Hall–Kier alpha value is -2.02. The normalized spacial score (nSPS) is 9.95. The number of ether oxygens (including phenoxy) is 1. The van der Waals surface area contributed by atoms with E-state index in [9.17, 15) is 0 Å². The van der Waals surface area contributed by atoms with Gasteiger partial charge in [-0.3, -0.25) is 0 Å². The summed E-state index contributed by atoms with van der Waals surface area (Å²) in [6.45, 7) is 0.127.